The molecule has 1 unspecified atom stereocenters. The molecule has 0 spiro atoms. The van der Waals surface area contributed by atoms with Crippen molar-refractivity contribution in [3.05, 3.63) is 29.8 Å². The number of hydrogen-bond acceptors (Lipinski definition) is 3. The molecule has 1 aromatic carbocycles. The maximum atomic E-state index is 10.4. The molecule has 4 nitrogen and oxygen atoms in total. The predicted octanol–water partition coefficient (Wildman–Crippen LogP) is 2.08. The molecule has 0 aliphatic rings. The molecule has 0 aromatic heterocycles. The molecule has 100 valence electrons. The smallest absolute Gasteiger partial charge is 0.303 e. The van der Waals surface area contributed by atoms with Crippen LogP contribution in [0.15, 0.2) is 24.3 Å². The van der Waals surface area contributed by atoms with Crippen molar-refractivity contribution in [3.8, 4) is 5.75 Å². The van der Waals surface area contributed by atoms with Crippen LogP contribution < -0.4 is 10.1 Å². The lowest BCUT2D eigenvalue weighted by Gasteiger charge is -2.12. The first kappa shape index (κ1) is 14.5. The molecule has 0 saturated carbocycles. The molecule has 0 bridgehead atoms. The zero-order chi connectivity index (χ0) is 13.4. The first-order valence-corrected chi connectivity index (χ1v) is 6.20. The third-order valence-electron chi connectivity index (χ3n) is 2.86. The summed E-state index contributed by atoms with van der Waals surface area (Å²) < 4.78 is 5.10. The van der Waals surface area contributed by atoms with Crippen molar-refractivity contribution in [2.45, 2.75) is 32.2 Å². The van der Waals surface area contributed by atoms with Crippen LogP contribution in [0, 0.1) is 0 Å². The standard InChI is InChI=1S/C14H21NO3/c1-11(3-8-14(16)17)15-10-9-12-4-6-13(18-2)7-5-12/h4-7,11,15H,3,8-10H2,1-2H3,(H,16,17). The van der Waals surface area contributed by atoms with Crippen molar-refractivity contribution in [2.24, 2.45) is 0 Å². The lowest BCUT2D eigenvalue weighted by atomic mass is 10.1. The third kappa shape index (κ3) is 5.68. The maximum absolute atomic E-state index is 10.4. The van der Waals surface area contributed by atoms with Crippen LogP contribution in [0.2, 0.25) is 0 Å². The summed E-state index contributed by atoms with van der Waals surface area (Å²) in [5.41, 5.74) is 1.24. The van der Waals surface area contributed by atoms with E-state index in [0.717, 1.165) is 18.7 Å². The summed E-state index contributed by atoms with van der Waals surface area (Å²) >= 11 is 0. The van der Waals surface area contributed by atoms with Crippen molar-refractivity contribution in [2.75, 3.05) is 13.7 Å². The molecule has 1 aromatic rings. The fourth-order valence-corrected chi connectivity index (χ4v) is 1.70. The van der Waals surface area contributed by atoms with Crippen molar-refractivity contribution in [1.29, 1.82) is 0 Å². The SMILES string of the molecule is COc1ccc(CCNC(C)CCC(=O)O)cc1. The van der Waals surface area contributed by atoms with Gasteiger partial charge in [-0.1, -0.05) is 12.1 Å². The van der Waals surface area contributed by atoms with Crippen molar-refractivity contribution in [3.63, 3.8) is 0 Å². The number of nitrogens with one attached hydrogen (secondary N) is 1. The van der Waals surface area contributed by atoms with Gasteiger partial charge in [0.1, 0.15) is 5.75 Å². The minimum Gasteiger partial charge on any atom is -0.497 e. The van der Waals surface area contributed by atoms with Gasteiger partial charge in [0.2, 0.25) is 0 Å². The number of hydrogen-bond donors (Lipinski definition) is 2. The van der Waals surface area contributed by atoms with Crippen LogP contribution in [0.5, 0.6) is 5.75 Å². The van der Waals surface area contributed by atoms with Gasteiger partial charge in [0.25, 0.3) is 0 Å². The average molecular weight is 251 g/mol. The highest BCUT2D eigenvalue weighted by molar-refractivity contribution is 5.66. The summed E-state index contributed by atoms with van der Waals surface area (Å²) in [6, 6.07) is 8.22. The summed E-state index contributed by atoms with van der Waals surface area (Å²) in [6.07, 6.45) is 1.82. The summed E-state index contributed by atoms with van der Waals surface area (Å²) in [7, 11) is 1.65. The number of ether oxygens (including phenoxy) is 1. The van der Waals surface area contributed by atoms with E-state index in [-0.39, 0.29) is 12.5 Å². The maximum Gasteiger partial charge on any atom is 0.303 e. The second-order valence-electron chi connectivity index (χ2n) is 4.39. The number of rotatable bonds is 8. The summed E-state index contributed by atoms with van der Waals surface area (Å²) in [6.45, 7) is 2.87. The Hall–Kier alpha value is -1.55. The summed E-state index contributed by atoms with van der Waals surface area (Å²) in [5, 5.41) is 11.9. The van der Waals surface area contributed by atoms with Crippen LogP contribution in [0.4, 0.5) is 0 Å². The molecular weight excluding hydrogens is 230 g/mol. The van der Waals surface area contributed by atoms with Gasteiger partial charge in [0.05, 0.1) is 7.11 Å². The molecule has 1 atom stereocenters. The number of benzene rings is 1. The number of carbonyl (C=O) groups is 1. The van der Waals surface area contributed by atoms with E-state index in [9.17, 15) is 4.79 Å². The van der Waals surface area contributed by atoms with E-state index in [1.54, 1.807) is 7.11 Å². The first-order chi connectivity index (χ1) is 8.61. The second-order valence-corrected chi connectivity index (χ2v) is 4.39. The Morgan fingerprint density at radius 3 is 2.61 bits per heavy atom. The third-order valence-corrected chi connectivity index (χ3v) is 2.86. The van der Waals surface area contributed by atoms with Crippen LogP contribution in [0.1, 0.15) is 25.3 Å². The molecule has 0 saturated heterocycles. The number of methoxy groups -OCH3 is 1. The minimum absolute atomic E-state index is 0.219. The Morgan fingerprint density at radius 2 is 2.06 bits per heavy atom. The fraction of sp³-hybridized carbons (Fsp3) is 0.500. The lowest BCUT2D eigenvalue weighted by molar-refractivity contribution is -0.137. The van der Waals surface area contributed by atoms with Crippen LogP contribution in [-0.2, 0) is 11.2 Å². The van der Waals surface area contributed by atoms with E-state index in [4.69, 9.17) is 9.84 Å². The second kappa shape index (κ2) is 7.71. The van der Waals surface area contributed by atoms with Gasteiger partial charge in [-0.15, -0.1) is 0 Å². The molecule has 0 aliphatic carbocycles. The zero-order valence-electron chi connectivity index (χ0n) is 11.0. The van der Waals surface area contributed by atoms with E-state index < -0.39 is 5.97 Å². The molecule has 4 heteroatoms. The largest absolute Gasteiger partial charge is 0.497 e. The molecule has 0 fully saturated rings. The Morgan fingerprint density at radius 1 is 1.39 bits per heavy atom. The van der Waals surface area contributed by atoms with Gasteiger partial charge in [-0.25, -0.2) is 0 Å². The quantitative estimate of drug-likeness (QED) is 0.742. The Labute approximate surface area is 108 Å². The van der Waals surface area contributed by atoms with Crippen molar-refractivity contribution < 1.29 is 14.6 Å². The van der Waals surface area contributed by atoms with Crippen LogP contribution in [0.25, 0.3) is 0 Å². The highest BCUT2D eigenvalue weighted by Crippen LogP contribution is 2.11. The number of carboxylic acid groups (broad SMARTS) is 1. The van der Waals surface area contributed by atoms with E-state index in [1.165, 1.54) is 5.56 Å². The minimum atomic E-state index is -0.737. The van der Waals surface area contributed by atoms with Gasteiger partial charge >= 0.3 is 5.97 Å². The van der Waals surface area contributed by atoms with E-state index >= 15 is 0 Å². The van der Waals surface area contributed by atoms with Gasteiger partial charge in [-0.2, -0.15) is 0 Å². The van der Waals surface area contributed by atoms with Gasteiger partial charge in [0.15, 0.2) is 0 Å². The van der Waals surface area contributed by atoms with Crippen molar-refractivity contribution in [1.82, 2.24) is 5.32 Å². The first-order valence-electron chi connectivity index (χ1n) is 6.20. The monoisotopic (exact) mass is 251 g/mol. The normalized spacial score (nSPS) is 12.1. The molecular formula is C14H21NO3. The van der Waals surface area contributed by atoms with Gasteiger partial charge in [-0.3, -0.25) is 4.79 Å². The number of carboxylic acids is 1. The molecule has 0 radical (unpaired) electrons. The van der Waals surface area contributed by atoms with E-state index in [1.807, 2.05) is 31.2 Å². The van der Waals surface area contributed by atoms with Crippen LogP contribution in [0.3, 0.4) is 0 Å². The molecule has 0 amide bonds. The average Bonchev–Trinajstić information content (AvgIpc) is 2.37. The van der Waals surface area contributed by atoms with Gasteiger partial charge in [0, 0.05) is 12.5 Å². The number of aliphatic carboxylic acids is 1. The predicted molar refractivity (Wildman–Crippen MR) is 71.0 cm³/mol. The van der Waals surface area contributed by atoms with E-state index in [2.05, 4.69) is 5.32 Å². The molecule has 2 N–H and O–H groups in total. The van der Waals surface area contributed by atoms with Crippen molar-refractivity contribution >= 4 is 5.97 Å². The Kier molecular flexibility index (Phi) is 6.22. The topological polar surface area (TPSA) is 58.6 Å². The Bertz CT molecular complexity index is 362. The van der Waals surface area contributed by atoms with E-state index in [0.29, 0.717) is 6.42 Å². The van der Waals surface area contributed by atoms with Crippen LogP contribution in [-0.4, -0.2) is 30.8 Å². The molecule has 1 rings (SSSR count). The lowest BCUT2D eigenvalue weighted by Crippen LogP contribution is -2.28. The summed E-state index contributed by atoms with van der Waals surface area (Å²) in [4.78, 5) is 10.4. The molecule has 0 aliphatic heterocycles. The molecule has 0 heterocycles. The highest BCUT2D eigenvalue weighted by Gasteiger charge is 2.04. The summed E-state index contributed by atoms with van der Waals surface area (Å²) in [5.74, 6) is 0.125. The highest BCUT2D eigenvalue weighted by atomic mass is 16.5. The molecule has 18 heavy (non-hydrogen) atoms. The van der Waals surface area contributed by atoms with Gasteiger partial charge in [-0.05, 0) is 44.0 Å². The van der Waals surface area contributed by atoms with Gasteiger partial charge < -0.3 is 15.2 Å². The van der Waals surface area contributed by atoms with Crippen LogP contribution >= 0.6 is 0 Å². The zero-order valence-corrected chi connectivity index (χ0v) is 11.0. The Balaban J connectivity index is 2.22. The fourth-order valence-electron chi connectivity index (χ4n) is 1.70.